The van der Waals surface area contributed by atoms with Crippen molar-refractivity contribution in [3.05, 3.63) is 65.2 Å². The Morgan fingerprint density at radius 3 is 2.81 bits per heavy atom. The predicted octanol–water partition coefficient (Wildman–Crippen LogP) is 3.98. The number of benzene rings is 2. The molecule has 0 aliphatic rings. The summed E-state index contributed by atoms with van der Waals surface area (Å²) >= 11 is 0. The van der Waals surface area contributed by atoms with Crippen LogP contribution in [0.25, 0.3) is 21.8 Å². The fourth-order valence-electron chi connectivity index (χ4n) is 3.56. The first-order valence-electron chi connectivity index (χ1n) is 8.43. The second-order valence-electron chi connectivity index (χ2n) is 6.42. The number of nitrogens with zero attached hydrogens (tertiary/aromatic N) is 3. The van der Waals surface area contributed by atoms with Crippen LogP contribution in [0.5, 0.6) is 0 Å². The molecule has 0 saturated carbocycles. The molecule has 2 heterocycles. The van der Waals surface area contributed by atoms with Crippen LogP contribution in [0.4, 0.5) is 4.39 Å². The molecule has 0 atom stereocenters. The van der Waals surface area contributed by atoms with Crippen molar-refractivity contribution >= 4 is 27.8 Å². The molecule has 4 rings (SSSR count). The molecular weight excluding hydrogens is 333 g/mol. The Morgan fingerprint density at radius 1 is 1.27 bits per heavy atom. The average molecular weight is 351 g/mol. The van der Waals surface area contributed by atoms with E-state index in [-0.39, 0.29) is 10.9 Å². The Hall–Kier alpha value is -3.15. The number of halogens is 1. The van der Waals surface area contributed by atoms with Gasteiger partial charge in [-0.1, -0.05) is 19.1 Å². The molecule has 0 unspecified atom stereocenters. The quantitative estimate of drug-likeness (QED) is 0.605. The summed E-state index contributed by atoms with van der Waals surface area (Å²) in [6.07, 6.45) is 4.02. The molecule has 0 aliphatic carbocycles. The summed E-state index contributed by atoms with van der Waals surface area (Å²) in [5, 5.41) is 14.9. The number of carbonyl (C=O) groups is 1. The Balaban J connectivity index is 1.89. The third kappa shape index (κ3) is 2.45. The third-order valence-corrected chi connectivity index (χ3v) is 4.83. The standard InChI is InChI=1S/C20H18FN3O2/c1-3-13-5-6-16(21)18-15(20(25)26)11-24(19(13)18)10-12-4-7-17-14(8-12)9-22-23(17)2/h4-9,11H,3,10H2,1-2H3,(H,25,26). The minimum atomic E-state index is -1.12. The first kappa shape index (κ1) is 16.3. The molecule has 0 spiro atoms. The van der Waals surface area contributed by atoms with E-state index in [1.165, 1.54) is 12.3 Å². The Bertz CT molecular complexity index is 1160. The van der Waals surface area contributed by atoms with Gasteiger partial charge in [0.25, 0.3) is 0 Å². The van der Waals surface area contributed by atoms with Crippen molar-refractivity contribution in [2.75, 3.05) is 0 Å². The van der Waals surface area contributed by atoms with Gasteiger partial charge in [0, 0.05) is 25.2 Å². The maximum absolute atomic E-state index is 14.4. The van der Waals surface area contributed by atoms with Crippen molar-refractivity contribution in [2.45, 2.75) is 19.9 Å². The van der Waals surface area contributed by atoms with Crippen LogP contribution in [0.15, 0.2) is 42.7 Å². The molecule has 2 aromatic heterocycles. The molecule has 0 bridgehead atoms. The minimum Gasteiger partial charge on any atom is -0.478 e. The first-order valence-corrected chi connectivity index (χ1v) is 8.43. The summed E-state index contributed by atoms with van der Waals surface area (Å²) in [4.78, 5) is 11.6. The lowest BCUT2D eigenvalue weighted by Gasteiger charge is -2.10. The number of carboxylic acids is 1. The molecule has 0 fully saturated rings. The molecule has 0 amide bonds. The summed E-state index contributed by atoms with van der Waals surface area (Å²) in [6, 6.07) is 9.08. The number of hydrogen-bond acceptors (Lipinski definition) is 2. The second kappa shape index (κ2) is 5.98. The zero-order valence-corrected chi connectivity index (χ0v) is 14.5. The van der Waals surface area contributed by atoms with Gasteiger partial charge in [-0.2, -0.15) is 5.10 Å². The van der Waals surface area contributed by atoms with Crippen LogP contribution in [-0.4, -0.2) is 25.4 Å². The molecule has 4 aromatic rings. The summed E-state index contributed by atoms with van der Waals surface area (Å²) in [6.45, 7) is 2.44. The van der Waals surface area contributed by atoms with Gasteiger partial charge in [0.1, 0.15) is 5.82 Å². The number of rotatable bonds is 4. The predicted molar refractivity (Wildman–Crippen MR) is 98.0 cm³/mol. The highest BCUT2D eigenvalue weighted by molar-refractivity contribution is 6.04. The van der Waals surface area contributed by atoms with Gasteiger partial charge in [-0.15, -0.1) is 0 Å². The zero-order chi connectivity index (χ0) is 18.4. The van der Waals surface area contributed by atoms with Crippen LogP contribution >= 0.6 is 0 Å². The van der Waals surface area contributed by atoms with Crippen molar-refractivity contribution in [3.8, 4) is 0 Å². The monoisotopic (exact) mass is 351 g/mol. The minimum absolute atomic E-state index is 0.00439. The van der Waals surface area contributed by atoms with Crippen LogP contribution in [0.2, 0.25) is 0 Å². The number of aromatic carboxylic acids is 1. The van der Waals surface area contributed by atoms with E-state index in [9.17, 15) is 14.3 Å². The molecule has 2 aromatic carbocycles. The number of aryl methyl sites for hydroxylation is 2. The summed E-state index contributed by atoms with van der Waals surface area (Å²) in [5.41, 5.74) is 3.60. The zero-order valence-electron chi connectivity index (χ0n) is 14.5. The average Bonchev–Trinajstić information content (AvgIpc) is 3.18. The lowest BCUT2D eigenvalue weighted by molar-refractivity contribution is 0.0698. The largest absolute Gasteiger partial charge is 0.478 e. The van der Waals surface area contributed by atoms with E-state index in [2.05, 4.69) is 5.10 Å². The lowest BCUT2D eigenvalue weighted by atomic mass is 10.1. The normalized spacial score (nSPS) is 11.5. The molecule has 132 valence electrons. The van der Waals surface area contributed by atoms with Crippen LogP contribution in [-0.2, 0) is 20.0 Å². The van der Waals surface area contributed by atoms with Gasteiger partial charge in [0.15, 0.2) is 0 Å². The summed E-state index contributed by atoms with van der Waals surface area (Å²) < 4.78 is 18.0. The fourth-order valence-corrected chi connectivity index (χ4v) is 3.56. The second-order valence-corrected chi connectivity index (χ2v) is 6.42. The highest BCUT2D eigenvalue weighted by Gasteiger charge is 2.20. The Kier molecular flexibility index (Phi) is 3.76. The van der Waals surface area contributed by atoms with Gasteiger partial charge in [0.2, 0.25) is 0 Å². The van der Waals surface area contributed by atoms with E-state index in [1.807, 2.05) is 36.7 Å². The smallest absolute Gasteiger partial charge is 0.337 e. The molecule has 0 radical (unpaired) electrons. The Labute approximate surface area is 149 Å². The summed E-state index contributed by atoms with van der Waals surface area (Å²) in [7, 11) is 1.89. The van der Waals surface area contributed by atoms with Gasteiger partial charge in [-0.25, -0.2) is 9.18 Å². The van der Waals surface area contributed by atoms with Crippen molar-refractivity contribution in [1.29, 1.82) is 0 Å². The van der Waals surface area contributed by atoms with Crippen molar-refractivity contribution in [1.82, 2.24) is 14.3 Å². The van der Waals surface area contributed by atoms with Crippen LogP contribution < -0.4 is 0 Å². The van der Waals surface area contributed by atoms with E-state index < -0.39 is 11.8 Å². The van der Waals surface area contributed by atoms with E-state index in [0.717, 1.165) is 22.0 Å². The SMILES string of the molecule is CCc1ccc(F)c2c(C(=O)O)cn(Cc3ccc4c(cnn4C)c3)c12. The van der Waals surface area contributed by atoms with Crippen molar-refractivity contribution in [3.63, 3.8) is 0 Å². The third-order valence-electron chi connectivity index (χ3n) is 4.83. The number of fused-ring (bicyclic) bond motifs is 2. The van der Waals surface area contributed by atoms with Gasteiger partial charge in [0.05, 0.1) is 28.2 Å². The number of hydrogen-bond donors (Lipinski definition) is 1. The summed E-state index contributed by atoms with van der Waals surface area (Å²) in [5.74, 6) is -1.63. The van der Waals surface area contributed by atoms with Crippen LogP contribution in [0.3, 0.4) is 0 Å². The maximum atomic E-state index is 14.4. The maximum Gasteiger partial charge on any atom is 0.337 e. The molecule has 26 heavy (non-hydrogen) atoms. The van der Waals surface area contributed by atoms with Crippen LogP contribution in [0, 0.1) is 5.82 Å². The highest BCUT2D eigenvalue weighted by atomic mass is 19.1. The molecule has 0 saturated heterocycles. The molecular formula is C20H18FN3O2. The lowest BCUT2D eigenvalue weighted by Crippen LogP contribution is -2.00. The molecule has 0 aliphatic heterocycles. The first-order chi connectivity index (χ1) is 12.5. The molecule has 6 heteroatoms. The van der Waals surface area contributed by atoms with Gasteiger partial charge < -0.3 is 9.67 Å². The van der Waals surface area contributed by atoms with Gasteiger partial charge in [-0.05, 0) is 35.7 Å². The van der Waals surface area contributed by atoms with Gasteiger partial charge >= 0.3 is 5.97 Å². The van der Waals surface area contributed by atoms with Crippen molar-refractivity contribution in [2.24, 2.45) is 7.05 Å². The van der Waals surface area contributed by atoms with E-state index in [0.29, 0.717) is 18.5 Å². The number of aromatic nitrogens is 3. The Morgan fingerprint density at radius 2 is 2.08 bits per heavy atom. The van der Waals surface area contributed by atoms with E-state index in [1.54, 1.807) is 16.9 Å². The van der Waals surface area contributed by atoms with Crippen LogP contribution in [0.1, 0.15) is 28.4 Å². The van der Waals surface area contributed by atoms with Crippen molar-refractivity contribution < 1.29 is 14.3 Å². The fraction of sp³-hybridized carbons (Fsp3) is 0.200. The van der Waals surface area contributed by atoms with E-state index >= 15 is 0 Å². The van der Waals surface area contributed by atoms with E-state index in [4.69, 9.17) is 0 Å². The topological polar surface area (TPSA) is 60.0 Å². The number of carboxylic acid groups (broad SMARTS) is 1. The molecule has 1 N–H and O–H groups in total. The molecule has 5 nitrogen and oxygen atoms in total. The van der Waals surface area contributed by atoms with Gasteiger partial charge in [-0.3, -0.25) is 4.68 Å². The highest BCUT2D eigenvalue weighted by Crippen LogP contribution is 2.29.